The van der Waals surface area contributed by atoms with Crippen LogP contribution in [0.15, 0.2) is 17.0 Å². The Morgan fingerprint density at radius 3 is 2.58 bits per heavy atom. The van der Waals surface area contributed by atoms with Gasteiger partial charge in [-0.05, 0) is 37.1 Å². The summed E-state index contributed by atoms with van der Waals surface area (Å²) in [5.41, 5.74) is 1.96. The zero-order chi connectivity index (χ0) is 14.6. The molecule has 19 heavy (non-hydrogen) atoms. The van der Waals surface area contributed by atoms with Crippen LogP contribution in [-0.2, 0) is 14.8 Å². The first-order valence-electron chi connectivity index (χ1n) is 5.63. The minimum Gasteiger partial charge on any atom is -0.326 e. The summed E-state index contributed by atoms with van der Waals surface area (Å²) in [5.74, 6) is 2.11. The van der Waals surface area contributed by atoms with E-state index in [9.17, 15) is 13.2 Å². The van der Waals surface area contributed by atoms with Crippen LogP contribution in [0.25, 0.3) is 0 Å². The molecule has 1 amide bonds. The summed E-state index contributed by atoms with van der Waals surface area (Å²) in [5, 5.41) is 7.73. The number of rotatable bonds is 4. The molecule has 3 N–H and O–H groups in total. The van der Waals surface area contributed by atoms with Crippen molar-refractivity contribution in [3.05, 3.63) is 23.3 Å². The molecule has 0 saturated heterocycles. The Balaban J connectivity index is 3.11. The van der Waals surface area contributed by atoms with Crippen LogP contribution in [0.5, 0.6) is 0 Å². The third-order valence-electron chi connectivity index (χ3n) is 2.74. The van der Waals surface area contributed by atoms with Crippen molar-refractivity contribution in [3.63, 3.8) is 0 Å². The fourth-order valence-electron chi connectivity index (χ4n) is 1.52. The highest BCUT2D eigenvalue weighted by Gasteiger charge is 2.13. The molecule has 1 aromatic rings. The predicted octanol–water partition coefficient (Wildman–Crippen LogP) is 1.30. The monoisotopic (exact) mass is 280 g/mol. The molecule has 0 spiro atoms. The minimum atomic E-state index is -3.80. The molecule has 0 unspecified atom stereocenters. The van der Waals surface area contributed by atoms with Crippen molar-refractivity contribution in [2.24, 2.45) is 5.14 Å². The van der Waals surface area contributed by atoms with E-state index in [-0.39, 0.29) is 17.2 Å². The number of nitrogens with one attached hydrogen (secondary N) is 1. The molecule has 102 valence electrons. The number of primary sulfonamides is 1. The molecule has 0 aromatic heterocycles. The predicted molar refractivity (Wildman–Crippen MR) is 74.0 cm³/mol. The lowest BCUT2D eigenvalue weighted by Crippen LogP contribution is -2.16. The second-order valence-electron chi connectivity index (χ2n) is 4.21. The number of nitrogens with two attached hydrogens (primary N) is 1. The summed E-state index contributed by atoms with van der Waals surface area (Å²) in [6, 6.07) is 2.83. The van der Waals surface area contributed by atoms with E-state index < -0.39 is 10.0 Å². The van der Waals surface area contributed by atoms with Gasteiger partial charge in [-0.1, -0.05) is 0 Å². The Bertz CT molecular complexity index is 643. The second kappa shape index (κ2) is 5.87. The van der Waals surface area contributed by atoms with Crippen LogP contribution >= 0.6 is 0 Å². The van der Waals surface area contributed by atoms with Gasteiger partial charge in [0, 0.05) is 18.5 Å². The normalized spacial score (nSPS) is 10.8. The number of benzene rings is 1. The number of aryl methyl sites for hydroxylation is 1. The quantitative estimate of drug-likeness (QED) is 0.815. The van der Waals surface area contributed by atoms with E-state index in [1.165, 1.54) is 12.1 Å². The molecular weight excluding hydrogens is 264 g/mol. The zero-order valence-corrected chi connectivity index (χ0v) is 11.7. The molecule has 0 fully saturated rings. The maximum atomic E-state index is 11.6. The minimum absolute atomic E-state index is 0.0251. The van der Waals surface area contributed by atoms with Crippen LogP contribution in [0.1, 0.15) is 24.0 Å². The number of carbonyl (C=O) groups excluding carboxylic acids is 1. The van der Waals surface area contributed by atoms with Gasteiger partial charge in [-0.25, -0.2) is 13.6 Å². The molecule has 6 heteroatoms. The van der Waals surface area contributed by atoms with Crippen LogP contribution in [-0.4, -0.2) is 14.3 Å². The summed E-state index contributed by atoms with van der Waals surface area (Å²) in [4.78, 5) is 11.6. The molecule has 0 radical (unpaired) electrons. The van der Waals surface area contributed by atoms with Crippen LogP contribution in [0.2, 0.25) is 0 Å². The van der Waals surface area contributed by atoms with Crippen LogP contribution in [0.4, 0.5) is 5.69 Å². The maximum absolute atomic E-state index is 11.6. The fourth-order valence-corrected chi connectivity index (χ4v) is 2.14. The van der Waals surface area contributed by atoms with Gasteiger partial charge in [0.2, 0.25) is 15.9 Å². The fraction of sp³-hybridized carbons (Fsp3) is 0.308. The van der Waals surface area contributed by atoms with Gasteiger partial charge in [0.1, 0.15) is 0 Å². The summed E-state index contributed by atoms with van der Waals surface area (Å²) in [6.45, 7) is 3.54. The topological polar surface area (TPSA) is 89.3 Å². The largest absolute Gasteiger partial charge is 0.326 e. The van der Waals surface area contributed by atoms with Crippen molar-refractivity contribution in [1.29, 1.82) is 0 Å². The molecule has 0 aliphatic carbocycles. The Morgan fingerprint density at radius 1 is 1.42 bits per heavy atom. The van der Waals surface area contributed by atoms with E-state index in [0.29, 0.717) is 12.1 Å². The molecule has 0 saturated carbocycles. The van der Waals surface area contributed by atoms with E-state index in [1.54, 1.807) is 13.8 Å². The molecule has 1 aromatic carbocycles. The van der Waals surface area contributed by atoms with E-state index in [2.05, 4.69) is 11.2 Å². The van der Waals surface area contributed by atoms with E-state index >= 15 is 0 Å². The third-order valence-corrected chi connectivity index (χ3v) is 3.63. The first-order chi connectivity index (χ1) is 8.75. The number of hydrogen-bond acceptors (Lipinski definition) is 3. The molecule has 1 rings (SSSR count). The molecule has 0 bridgehead atoms. The van der Waals surface area contributed by atoms with Crippen molar-refractivity contribution in [2.45, 2.75) is 31.6 Å². The van der Waals surface area contributed by atoms with Gasteiger partial charge < -0.3 is 5.32 Å². The third kappa shape index (κ3) is 4.09. The smallest absolute Gasteiger partial charge is 0.238 e. The number of amides is 1. The number of hydrogen-bond donors (Lipinski definition) is 2. The summed E-state index contributed by atoms with van der Waals surface area (Å²) in [7, 11) is -3.80. The SMILES string of the molecule is C#CCCC(=O)Nc1cc(S(N)(=O)=O)cc(C)c1C. The number of anilines is 1. The van der Waals surface area contributed by atoms with Crippen LogP contribution < -0.4 is 10.5 Å². The summed E-state index contributed by atoms with van der Waals surface area (Å²) >= 11 is 0. The molecule has 5 nitrogen and oxygen atoms in total. The number of carbonyl (C=O) groups is 1. The summed E-state index contributed by atoms with van der Waals surface area (Å²) < 4.78 is 22.7. The number of sulfonamides is 1. The first-order valence-corrected chi connectivity index (χ1v) is 7.17. The van der Waals surface area contributed by atoms with Crippen molar-refractivity contribution >= 4 is 21.6 Å². The Kier molecular flexibility index (Phi) is 4.70. The second-order valence-corrected chi connectivity index (χ2v) is 5.77. The van der Waals surface area contributed by atoms with Gasteiger partial charge in [0.15, 0.2) is 0 Å². The Morgan fingerprint density at radius 2 is 2.05 bits per heavy atom. The lowest BCUT2D eigenvalue weighted by atomic mass is 10.1. The van der Waals surface area contributed by atoms with Gasteiger partial charge in [-0.2, -0.15) is 0 Å². The van der Waals surface area contributed by atoms with Gasteiger partial charge in [-0.15, -0.1) is 12.3 Å². The van der Waals surface area contributed by atoms with Gasteiger partial charge in [0.25, 0.3) is 0 Å². The lowest BCUT2D eigenvalue weighted by Gasteiger charge is -2.12. The van der Waals surface area contributed by atoms with Crippen LogP contribution in [0.3, 0.4) is 0 Å². The van der Waals surface area contributed by atoms with Gasteiger partial charge >= 0.3 is 0 Å². The van der Waals surface area contributed by atoms with Crippen molar-refractivity contribution in [2.75, 3.05) is 5.32 Å². The van der Waals surface area contributed by atoms with Crippen molar-refractivity contribution in [3.8, 4) is 12.3 Å². The average molecular weight is 280 g/mol. The van der Waals surface area contributed by atoms with Gasteiger partial charge in [0.05, 0.1) is 4.90 Å². The van der Waals surface area contributed by atoms with Crippen molar-refractivity contribution < 1.29 is 13.2 Å². The molecule has 0 aliphatic rings. The van der Waals surface area contributed by atoms with E-state index in [4.69, 9.17) is 11.6 Å². The van der Waals surface area contributed by atoms with E-state index in [1.807, 2.05) is 0 Å². The molecule has 0 heterocycles. The Labute approximate surface area is 113 Å². The van der Waals surface area contributed by atoms with E-state index in [0.717, 1.165) is 11.1 Å². The lowest BCUT2D eigenvalue weighted by molar-refractivity contribution is -0.116. The first kappa shape index (κ1) is 15.2. The van der Waals surface area contributed by atoms with Gasteiger partial charge in [-0.3, -0.25) is 4.79 Å². The maximum Gasteiger partial charge on any atom is 0.238 e. The molecule has 0 aliphatic heterocycles. The standard InChI is InChI=1S/C13H16N2O3S/c1-4-5-6-13(16)15-12-8-11(19(14,17)18)7-9(2)10(12)3/h1,7-8H,5-6H2,2-3H3,(H,15,16)(H2,14,17,18). The molecular formula is C13H16N2O3S. The summed E-state index contributed by atoms with van der Waals surface area (Å²) in [6.07, 6.45) is 5.60. The van der Waals surface area contributed by atoms with Crippen molar-refractivity contribution in [1.82, 2.24) is 0 Å². The highest BCUT2D eigenvalue weighted by molar-refractivity contribution is 7.89. The zero-order valence-electron chi connectivity index (χ0n) is 10.9. The number of terminal acetylenes is 1. The van der Waals surface area contributed by atoms with Crippen LogP contribution in [0, 0.1) is 26.2 Å². The molecule has 0 atom stereocenters. The highest BCUT2D eigenvalue weighted by atomic mass is 32.2. The average Bonchev–Trinajstić information content (AvgIpc) is 2.30. The Hall–Kier alpha value is -1.84. The highest BCUT2D eigenvalue weighted by Crippen LogP contribution is 2.23.